The maximum atomic E-state index is 13.4. The number of Topliss-reactive ketones (excluding diaryl/α,β-unsaturated/α-hetero) is 1. The van der Waals surface area contributed by atoms with Crippen molar-refractivity contribution in [2.45, 2.75) is 32.7 Å². The number of ether oxygens (including phenoxy) is 1. The van der Waals surface area contributed by atoms with Crippen LogP contribution in [0.3, 0.4) is 0 Å². The molecule has 0 spiro atoms. The molecule has 0 radical (unpaired) electrons. The smallest absolute Gasteiger partial charge is 0.233 e. The van der Waals surface area contributed by atoms with Gasteiger partial charge in [0.1, 0.15) is 11.8 Å². The summed E-state index contributed by atoms with van der Waals surface area (Å²) in [5.74, 6) is 0.637. The van der Waals surface area contributed by atoms with Crippen LogP contribution in [0.25, 0.3) is 0 Å². The van der Waals surface area contributed by atoms with Gasteiger partial charge >= 0.3 is 0 Å². The number of fused-ring (bicyclic) bond motifs is 1. The van der Waals surface area contributed by atoms with E-state index in [2.05, 4.69) is 19.2 Å². The van der Waals surface area contributed by atoms with E-state index in [0.29, 0.717) is 35.5 Å². The number of methoxy groups -OCH3 is 1. The fourth-order valence-corrected chi connectivity index (χ4v) is 5.54. The van der Waals surface area contributed by atoms with Crippen LogP contribution in [-0.2, 0) is 14.8 Å². The van der Waals surface area contributed by atoms with Gasteiger partial charge in [0.05, 0.1) is 24.7 Å². The summed E-state index contributed by atoms with van der Waals surface area (Å²) in [5.41, 5.74) is 3.03. The van der Waals surface area contributed by atoms with E-state index in [4.69, 9.17) is 4.74 Å². The van der Waals surface area contributed by atoms with Crippen LogP contribution in [-0.4, -0.2) is 27.6 Å². The number of allylic oxidation sites excluding steroid dienone is 1. The van der Waals surface area contributed by atoms with Gasteiger partial charge in [-0.1, -0.05) is 38.1 Å². The number of benzene rings is 2. The predicted molar refractivity (Wildman–Crippen MR) is 118 cm³/mol. The third-order valence-electron chi connectivity index (χ3n) is 5.64. The highest BCUT2D eigenvalue weighted by molar-refractivity contribution is 7.92. The minimum atomic E-state index is -3.70. The number of para-hydroxylation sites is 2. The minimum Gasteiger partial charge on any atom is -0.497 e. The Balaban J connectivity index is 2.02. The molecule has 0 saturated carbocycles. The molecule has 1 N–H and O–H groups in total. The van der Waals surface area contributed by atoms with Gasteiger partial charge in [0, 0.05) is 17.7 Å². The molecule has 2 aromatic carbocycles. The van der Waals surface area contributed by atoms with Crippen molar-refractivity contribution in [1.29, 1.82) is 0 Å². The van der Waals surface area contributed by atoms with Gasteiger partial charge in [-0.15, -0.1) is 0 Å². The predicted octanol–water partition coefficient (Wildman–Crippen LogP) is 4.27. The molecule has 1 heterocycles. The monoisotopic (exact) mass is 426 g/mol. The second kappa shape index (κ2) is 7.16. The van der Waals surface area contributed by atoms with Crippen molar-refractivity contribution >= 4 is 27.2 Å². The third kappa shape index (κ3) is 3.58. The maximum absolute atomic E-state index is 13.4. The van der Waals surface area contributed by atoms with E-state index in [9.17, 15) is 13.2 Å². The lowest BCUT2D eigenvalue weighted by molar-refractivity contribution is -0.118. The molecular formula is C23H26N2O4S. The standard InChI is InChI=1S/C23H26N2O4S/c1-23(2)13-18-21(20(26)14-23)22(15-9-11-16(29-3)12-10-15)25(30(4,27)28)19-8-6-5-7-17(19)24-18/h5-12,22,24H,13-14H2,1-4H3. The summed E-state index contributed by atoms with van der Waals surface area (Å²) in [7, 11) is -2.12. The molecule has 0 bridgehead atoms. The fraction of sp³-hybridized carbons (Fsp3) is 0.348. The van der Waals surface area contributed by atoms with Gasteiger partial charge in [-0.2, -0.15) is 0 Å². The van der Waals surface area contributed by atoms with E-state index >= 15 is 0 Å². The van der Waals surface area contributed by atoms with E-state index in [0.717, 1.165) is 11.3 Å². The molecule has 0 fully saturated rings. The van der Waals surface area contributed by atoms with Crippen LogP contribution in [0.15, 0.2) is 59.8 Å². The number of nitrogens with zero attached hydrogens (tertiary/aromatic N) is 1. The van der Waals surface area contributed by atoms with Gasteiger partial charge in [0.2, 0.25) is 10.0 Å². The number of rotatable bonds is 3. The molecule has 4 rings (SSSR count). The molecule has 1 unspecified atom stereocenters. The van der Waals surface area contributed by atoms with Crippen molar-refractivity contribution in [3.8, 4) is 5.75 Å². The SMILES string of the molecule is COc1ccc(C2C3=C(CC(C)(C)CC3=O)Nc3ccccc3N2S(C)(=O)=O)cc1. The average Bonchev–Trinajstić information content (AvgIpc) is 2.81. The summed E-state index contributed by atoms with van der Waals surface area (Å²) < 4.78 is 32.7. The number of ketones is 1. The third-order valence-corrected chi connectivity index (χ3v) is 6.77. The van der Waals surface area contributed by atoms with Crippen molar-refractivity contribution in [3.05, 3.63) is 65.4 Å². The minimum absolute atomic E-state index is 0.0315. The Morgan fingerprint density at radius 3 is 2.37 bits per heavy atom. The summed E-state index contributed by atoms with van der Waals surface area (Å²) in [6.07, 6.45) is 2.21. The largest absolute Gasteiger partial charge is 0.497 e. The van der Waals surface area contributed by atoms with E-state index in [1.807, 2.05) is 24.3 Å². The first-order valence-corrected chi connectivity index (χ1v) is 11.7. The van der Waals surface area contributed by atoms with Gasteiger partial charge in [-0.25, -0.2) is 8.42 Å². The molecule has 2 aliphatic rings. The number of nitrogens with one attached hydrogen (secondary N) is 1. The number of carbonyl (C=O) groups is 1. The molecule has 6 nitrogen and oxygen atoms in total. The Hall–Kier alpha value is -2.80. The Kier molecular flexibility index (Phi) is 4.89. The Labute approximate surface area is 177 Å². The van der Waals surface area contributed by atoms with Crippen molar-refractivity contribution in [2.75, 3.05) is 23.0 Å². The van der Waals surface area contributed by atoms with E-state index in [1.54, 1.807) is 31.4 Å². The normalized spacial score (nSPS) is 20.7. The summed E-state index contributed by atoms with van der Waals surface area (Å²) in [4.78, 5) is 13.4. The maximum Gasteiger partial charge on any atom is 0.233 e. The Morgan fingerprint density at radius 2 is 1.73 bits per heavy atom. The van der Waals surface area contributed by atoms with Crippen molar-refractivity contribution < 1.29 is 17.9 Å². The number of carbonyl (C=O) groups excluding carboxylic acids is 1. The lowest BCUT2D eigenvalue weighted by Gasteiger charge is -2.37. The lowest BCUT2D eigenvalue weighted by Crippen LogP contribution is -2.39. The summed E-state index contributed by atoms with van der Waals surface area (Å²) in [5, 5.41) is 3.40. The molecule has 0 saturated heterocycles. The summed E-state index contributed by atoms with van der Waals surface area (Å²) in [6, 6.07) is 13.8. The van der Waals surface area contributed by atoms with Crippen LogP contribution in [0, 0.1) is 5.41 Å². The molecule has 1 aliphatic heterocycles. The molecule has 30 heavy (non-hydrogen) atoms. The Bertz CT molecular complexity index is 1130. The molecule has 7 heteroatoms. The van der Waals surface area contributed by atoms with Gasteiger partial charge in [0.25, 0.3) is 0 Å². The van der Waals surface area contributed by atoms with Crippen LogP contribution < -0.4 is 14.4 Å². The number of hydrogen-bond acceptors (Lipinski definition) is 5. The van der Waals surface area contributed by atoms with Gasteiger partial charge in [-0.3, -0.25) is 9.10 Å². The number of hydrogen-bond donors (Lipinski definition) is 1. The highest BCUT2D eigenvalue weighted by Crippen LogP contribution is 2.49. The molecule has 1 atom stereocenters. The van der Waals surface area contributed by atoms with Crippen LogP contribution in [0.1, 0.15) is 38.3 Å². The lowest BCUT2D eigenvalue weighted by atomic mass is 9.73. The van der Waals surface area contributed by atoms with Crippen molar-refractivity contribution in [3.63, 3.8) is 0 Å². The van der Waals surface area contributed by atoms with Crippen molar-refractivity contribution in [1.82, 2.24) is 0 Å². The molecular weight excluding hydrogens is 400 g/mol. The van der Waals surface area contributed by atoms with Crippen molar-refractivity contribution in [2.24, 2.45) is 5.41 Å². The van der Waals surface area contributed by atoms with E-state index in [-0.39, 0.29) is 11.2 Å². The van der Waals surface area contributed by atoms with Crippen LogP contribution in [0.2, 0.25) is 0 Å². The van der Waals surface area contributed by atoms with Crippen LogP contribution in [0.5, 0.6) is 5.75 Å². The highest BCUT2D eigenvalue weighted by atomic mass is 32.2. The van der Waals surface area contributed by atoms with E-state index in [1.165, 1.54) is 10.6 Å². The van der Waals surface area contributed by atoms with Crippen LogP contribution in [0.4, 0.5) is 11.4 Å². The first-order chi connectivity index (χ1) is 14.1. The highest BCUT2D eigenvalue weighted by Gasteiger charge is 2.43. The van der Waals surface area contributed by atoms with Gasteiger partial charge in [0.15, 0.2) is 5.78 Å². The number of sulfonamides is 1. The first-order valence-electron chi connectivity index (χ1n) is 9.86. The molecule has 2 aromatic rings. The van der Waals surface area contributed by atoms with E-state index < -0.39 is 16.1 Å². The first kappa shape index (κ1) is 20.5. The van der Waals surface area contributed by atoms with Gasteiger partial charge < -0.3 is 10.1 Å². The topological polar surface area (TPSA) is 75.7 Å². The molecule has 0 amide bonds. The zero-order valence-corrected chi connectivity index (χ0v) is 18.4. The molecule has 1 aliphatic carbocycles. The second-order valence-electron chi connectivity index (χ2n) is 8.71. The summed E-state index contributed by atoms with van der Waals surface area (Å²) in [6.45, 7) is 4.12. The molecule has 158 valence electrons. The number of anilines is 2. The molecule has 0 aromatic heterocycles. The zero-order valence-electron chi connectivity index (χ0n) is 17.6. The van der Waals surface area contributed by atoms with Gasteiger partial charge in [-0.05, 0) is 41.7 Å². The average molecular weight is 427 g/mol. The zero-order chi connectivity index (χ0) is 21.7. The Morgan fingerprint density at radius 1 is 1.07 bits per heavy atom. The second-order valence-corrected chi connectivity index (χ2v) is 10.6. The quantitative estimate of drug-likeness (QED) is 0.793. The van der Waals surface area contributed by atoms with Crippen LogP contribution >= 0.6 is 0 Å². The fourth-order valence-electron chi connectivity index (χ4n) is 4.41. The summed E-state index contributed by atoms with van der Waals surface area (Å²) >= 11 is 0.